The van der Waals surface area contributed by atoms with Gasteiger partial charge in [0.1, 0.15) is 12.1 Å². The minimum atomic E-state index is 0.0409. The molecule has 3 N–H and O–H groups in total. The quantitative estimate of drug-likeness (QED) is 0.376. The molecule has 0 amide bonds. The van der Waals surface area contributed by atoms with Crippen LogP contribution in [0.25, 0.3) is 31.6 Å². The number of H-pyrrole nitrogens is 1. The minimum Gasteiger partial charge on any atom is -0.392 e. The molecule has 0 spiro atoms. The van der Waals surface area contributed by atoms with E-state index in [2.05, 4.69) is 56.8 Å². The van der Waals surface area contributed by atoms with Crippen molar-refractivity contribution in [1.82, 2.24) is 15.0 Å². The van der Waals surface area contributed by atoms with Gasteiger partial charge in [0.15, 0.2) is 0 Å². The van der Waals surface area contributed by atoms with Crippen molar-refractivity contribution in [2.75, 3.05) is 11.9 Å². The molecular weight excluding hydrogens is 380 g/mol. The number of para-hydroxylation sites is 1. The third-order valence-corrected chi connectivity index (χ3v) is 6.25. The smallest absolute Gasteiger partial charge is 0.147 e. The summed E-state index contributed by atoms with van der Waals surface area (Å²) in [5, 5.41) is 14.2. The van der Waals surface area contributed by atoms with Gasteiger partial charge in [-0.25, -0.2) is 9.97 Å². The fourth-order valence-electron chi connectivity index (χ4n) is 3.60. The van der Waals surface area contributed by atoms with E-state index in [0.29, 0.717) is 0 Å². The molecule has 0 saturated heterocycles. The molecule has 0 aliphatic rings. The lowest BCUT2D eigenvalue weighted by Gasteiger charge is -2.05. The lowest BCUT2D eigenvalue weighted by atomic mass is 10.1. The van der Waals surface area contributed by atoms with Gasteiger partial charge in [-0.3, -0.25) is 0 Å². The molecular formula is C23H20N4OS. The number of rotatable bonds is 6. The highest BCUT2D eigenvalue weighted by molar-refractivity contribution is 7.22. The number of thiophene rings is 1. The second-order valence-corrected chi connectivity index (χ2v) is 7.99. The molecule has 0 aliphatic heterocycles. The Kier molecular flexibility index (Phi) is 4.71. The summed E-state index contributed by atoms with van der Waals surface area (Å²) in [4.78, 5) is 13.4. The van der Waals surface area contributed by atoms with E-state index >= 15 is 0 Å². The molecule has 6 heteroatoms. The Balaban J connectivity index is 1.38. The van der Waals surface area contributed by atoms with Crippen LogP contribution in [0.15, 0.2) is 67.1 Å². The first-order valence-electron chi connectivity index (χ1n) is 9.55. The van der Waals surface area contributed by atoms with Crippen molar-refractivity contribution in [3.8, 4) is 10.4 Å². The van der Waals surface area contributed by atoms with Crippen LogP contribution in [0.1, 0.15) is 11.1 Å². The monoisotopic (exact) mass is 400 g/mol. The standard InChI is InChI=1S/C23H20N4OS/c28-13-15-4-3-5-16(10-15)21-11-20-22(29-21)23(27-14-26-20)24-9-8-17-12-25-19-7-2-1-6-18(17)19/h1-7,10-12,14,25,28H,8-9,13H2,(H,24,26,27). The van der Waals surface area contributed by atoms with E-state index in [-0.39, 0.29) is 6.61 Å². The third-order valence-electron chi connectivity index (χ3n) is 5.07. The van der Waals surface area contributed by atoms with Crippen LogP contribution in [0.3, 0.4) is 0 Å². The second kappa shape index (κ2) is 7.66. The van der Waals surface area contributed by atoms with Crippen molar-refractivity contribution >= 4 is 38.3 Å². The summed E-state index contributed by atoms with van der Waals surface area (Å²) in [5.41, 5.74) is 5.39. The molecule has 0 saturated carbocycles. The Hall–Kier alpha value is -3.22. The van der Waals surface area contributed by atoms with Gasteiger partial charge in [0.05, 0.1) is 16.8 Å². The van der Waals surface area contributed by atoms with Crippen LogP contribution < -0.4 is 5.32 Å². The van der Waals surface area contributed by atoms with Gasteiger partial charge in [-0.15, -0.1) is 11.3 Å². The number of aromatic nitrogens is 3. The number of nitrogens with zero attached hydrogens (tertiary/aromatic N) is 2. The highest BCUT2D eigenvalue weighted by Gasteiger charge is 2.11. The zero-order chi connectivity index (χ0) is 19.6. The summed E-state index contributed by atoms with van der Waals surface area (Å²) >= 11 is 1.67. The lowest BCUT2D eigenvalue weighted by Crippen LogP contribution is -2.06. The Morgan fingerprint density at radius 3 is 2.90 bits per heavy atom. The Labute approximate surface area is 172 Å². The van der Waals surface area contributed by atoms with Gasteiger partial charge in [0.2, 0.25) is 0 Å². The van der Waals surface area contributed by atoms with Crippen LogP contribution in [0, 0.1) is 0 Å². The summed E-state index contributed by atoms with van der Waals surface area (Å²) in [5.74, 6) is 0.865. The molecule has 3 heterocycles. The van der Waals surface area contributed by atoms with Gasteiger partial charge in [0.25, 0.3) is 0 Å². The molecule has 5 nitrogen and oxygen atoms in total. The van der Waals surface area contributed by atoms with E-state index in [9.17, 15) is 5.11 Å². The highest BCUT2D eigenvalue weighted by atomic mass is 32.1. The zero-order valence-corrected chi connectivity index (χ0v) is 16.5. The van der Waals surface area contributed by atoms with Crippen LogP contribution in [0.2, 0.25) is 0 Å². The number of fused-ring (bicyclic) bond motifs is 2. The number of aliphatic hydroxyl groups excluding tert-OH is 1. The first-order chi connectivity index (χ1) is 14.3. The van der Waals surface area contributed by atoms with Gasteiger partial charge in [-0.1, -0.05) is 36.4 Å². The summed E-state index contributed by atoms with van der Waals surface area (Å²) in [6.07, 6.45) is 4.60. The number of hydrogen-bond acceptors (Lipinski definition) is 5. The molecule has 5 aromatic rings. The minimum absolute atomic E-state index is 0.0409. The van der Waals surface area contributed by atoms with Crippen molar-refractivity contribution in [3.63, 3.8) is 0 Å². The maximum Gasteiger partial charge on any atom is 0.147 e. The average Bonchev–Trinajstić information content (AvgIpc) is 3.39. The molecule has 0 atom stereocenters. The molecule has 0 unspecified atom stereocenters. The molecule has 29 heavy (non-hydrogen) atoms. The molecule has 0 fully saturated rings. The average molecular weight is 401 g/mol. The Morgan fingerprint density at radius 2 is 1.97 bits per heavy atom. The summed E-state index contributed by atoms with van der Waals surface area (Å²) < 4.78 is 1.05. The van der Waals surface area contributed by atoms with Crippen LogP contribution in [-0.2, 0) is 13.0 Å². The molecule has 0 radical (unpaired) electrons. The van der Waals surface area contributed by atoms with Gasteiger partial charge < -0.3 is 15.4 Å². The van der Waals surface area contributed by atoms with Gasteiger partial charge >= 0.3 is 0 Å². The maximum absolute atomic E-state index is 9.40. The summed E-state index contributed by atoms with van der Waals surface area (Å²) in [7, 11) is 0. The molecule has 3 aromatic heterocycles. The second-order valence-electron chi connectivity index (χ2n) is 6.94. The van der Waals surface area contributed by atoms with Gasteiger partial charge in [-0.2, -0.15) is 0 Å². The number of anilines is 1. The molecule has 144 valence electrons. The van der Waals surface area contributed by atoms with E-state index in [1.807, 2.05) is 24.3 Å². The summed E-state index contributed by atoms with van der Waals surface area (Å²) in [6, 6.07) is 18.4. The molecule has 0 bridgehead atoms. The van der Waals surface area contributed by atoms with Crippen LogP contribution in [0.5, 0.6) is 0 Å². The molecule has 2 aromatic carbocycles. The fraction of sp³-hybridized carbons (Fsp3) is 0.130. The Bertz CT molecular complexity index is 1290. The number of hydrogen-bond donors (Lipinski definition) is 3. The van der Waals surface area contributed by atoms with E-state index in [1.54, 1.807) is 17.7 Å². The number of nitrogens with one attached hydrogen (secondary N) is 2. The third kappa shape index (κ3) is 3.48. The molecule has 0 aliphatic carbocycles. The van der Waals surface area contributed by atoms with Crippen LogP contribution in [0.4, 0.5) is 5.82 Å². The van der Waals surface area contributed by atoms with Gasteiger partial charge in [-0.05, 0) is 41.3 Å². The summed E-state index contributed by atoms with van der Waals surface area (Å²) in [6.45, 7) is 0.834. The lowest BCUT2D eigenvalue weighted by molar-refractivity contribution is 0.282. The zero-order valence-electron chi connectivity index (χ0n) is 15.7. The normalized spacial score (nSPS) is 11.3. The maximum atomic E-state index is 9.40. The number of benzene rings is 2. The molecule has 5 rings (SSSR count). The SMILES string of the molecule is OCc1cccc(-c2cc3ncnc(NCCc4c[nH]c5ccccc45)c3s2)c1. The van der Waals surface area contributed by atoms with E-state index < -0.39 is 0 Å². The topological polar surface area (TPSA) is 73.8 Å². The van der Waals surface area contributed by atoms with Crippen LogP contribution >= 0.6 is 11.3 Å². The van der Waals surface area contributed by atoms with E-state index in [1.165, 1.54) is 16.5 Å². The van der Waals surface area contributed by atoms with Crippen molar-refractivity contribution < 1.29 is 5.11 Å². The van der Waals surface area contributed by atoms with E-state index in [0.717, 1.165) is 45.0 Å². The van der Waals surface area contributed by atoms with Gasteiger partial charge in [0, 0.05) is 28.5 Å². The van der Waals surface area contributed by atoms with Crippen molar-refractivity contribution in [2.45, 2.75) is 13.0 Å². The van der Waals surface area contributed by atoms with Crippen LogP contribution in [-0.4, -0.2) is 26.6 Å². The fourth-order valence-corrected chi connectivity index (χ4v) is 4.67. The largest absolute Gasteiger partial charge is 0.392 e. The first kappa shape index (κ1) is 17.8. The van der Waals surface area contributed by atoms with Crippen molar-refractivity contribution in [2.24, 2.45) is 0 Å². The number of aromatic amines is 1. The Morgan fingerprint density at radius 1 is 1.03 bits per heavy atom. The number of aliphatic hydroxyl groups is 1. The van der Waals surface area contributed by atoms with Crippen molar-refractivity contribution in [1.29, 1.82) is 0 Å². The van der Waals surface area contributed by atoms with E-state index in [4.69, 9.17) is 0 Å². The van der Waals surface area contributed by atoms with Crippen molar-refractivity contribution in [3.05, 3.63) is 78.2 Å². The highest BCUT2D eigenvalue weighted by Crippen LogP contribution is 2.35. The first-order valence-corrected chi connectivity index (χ1v) is 10.4. The predicted octanol–water partition coefficient (Wildman–Crippen LogP) is 4.99. The predicted molar refractivity (Wildman–Crippen MR) is 119 cm³/mol.